The molecule has 1 aromatic rings. The average molecular weight is 443 g/mol. The predicted octanol–water partition coefficient (Wildman–Crippen LogP) is 1.76. The van der Waals surface area contributed by atoms with Crippen LogP contribution in [0.1, 0.15) is 24.6 Å². The van der Waals surface area contributed by atoms with Crippen molar-refractivity contribution in [1.29, 1.82) is 0 Å². The summed E-state index contributed by atoms with van der Waals surface area (Å²) in [7, 11) is 0. The summed E-state index contributed by atoms with van der Waals surface area (Å²) in [6, 6.07) is 4.51. The summed E-state index contributed by atoms with van der Waals surface area (Å²) in [6.07, 6.45) is 2.25. The molecule has 0 atom stereocenters. The summed E-state index contributed by atoms with van der Waals surface area (Å²) < 4.78 is 1.10. The van der Waals surface area contributed by atoms with Gasteiger partial charge in [0.15, 0.2) is 0 Å². The quantitative estimate of drug-likeness (QED) is 0.666. The summed E-state index contributed by atoms with van der Waals surface area (Å²) >= 11 is 5.15. The lowest BCUT2D eigenvalue weighted by molar-refractivity contribution is -0.133. The van der Waals surface area contributed by atoms with E-state index in [0.717, 1.165) is 49.4 Å². The molecule has 0 aromatic carbocycles. The van der Waals surface area contributed by atoms with Crippen molar-refractivity contribution in [2.75, 3.05) is 45.8 Å². The van der Waals surface area contributed by atoms with Crippen molar-refractivity contribution in [3.63, 3.8) is 0 Å². The van der Waals surface area contributed by atoms with Gasteiger partial charge in [0, 0.05) is 43.6 Å². The maximum absolute atomic E-state index is 12.6. The molecule has 26 heavy (non-hydrogen) atoms. The average Bonchev–Trinajstić information content (AvgIpc) is 3.33. The van der Waals surface area contributed by atoms with Crippen LogP contribution in [0, 0.1) is 0 Å². The van der Waals surface area contributed by atoms with Crippen molar-refractivity contribution in [1.82, 2.24) is 20.0 Å². The topological polar surface area (TPSA) is 55.9 Å². The molecule has 1 saturated heterocycles. The highest BCUT2D eigenvalue weighted by Crippen LogP contribution is 2.23. The Morgan fingerprint density at radius 2 is 1.85 bits per heavy atom. The van der Waals surface area contributed by atoms with Gasteiger partial charge in [-0.25, -0.2) is 0 Å². The molecule has 0 spiro atoms. The molecule has 0 unspecified atom stereocenters. The van der Waals surface area contributed by atoms with Gasteiger partial charge in [-0.3, -0.25) is 19.4 Å². The smallest absolute Gasteiger partial charge is 0.237 e. The van der Waals surface area contributed by atoms with Gasteiger partial charge in [0.25, 0.3) is 0 Å². The largest absolute Gasteiger partial charge is 0.352 e. The number of amides is 2. The molecular formula is C18H27BrN4O2S. The minimum Gasteiger partial charge on any atom is -0.352 e. The molecule has 6 nitrogen and oxygen atoms in total. The van der Waals surface area contributed by atoms with Crippen molar-refractivity contribution < 1.29 is 9.59 Å². The molecule has 2 amide bonds. The molecule has 2 aliphatic rings. The lowest BCUT2D eigenvalue weighted by Crippen LogP contribution is -2.52. The molecule has 0 bridgehead atoms. The minimum absolute atomic E-state index is 0.135. The van der Waals surface area contributed by atoms with Gasteiger partial charge in [0.1, 0.15) is 0 Å². The molecule has 2 heterocycles. The van der Waals surface area contributed by atoms with E-state index in [2.05, 4.69) is 37.1 Å². The number of nitrogens with zero attached hydrogens (tertiary/aromatic N) is 3. The zero-order valence-corrected chi connectivity index (χ0v) is 17.6. The first-order valence-electron chi connectivity index (χ1n) is 9.29. The Balaban J connectivity index is 1.39. The van der Waals surface area contributed by atoms with E-state index in [1.807, 2.05) is 17.9 Å². The van der Waals surface area contributed by atoms with Crippen LogP contribution in [0.25, 0.3) is 0 Å². The number of piperazine rings is 1. The maximum Gasteiger partial charge on any atom is 0.237 e. The number of hydrogen-bond acceptors (Lipinski definition) is 5. The van der Waals surface area contributed by atoms with Gasteiger partial charge in [0.2, 0.25) is 11.8 Å². The first-order valence-corrected chi connectivity index (χ1v) is 10.9. The third kappa shape index (κ3) is 6.04. The number of carbonyl (C=O) groups excluding carboxylic acids is 2. The van der Waals surface area contributed by atoms with Gasteiger partial charge in [-0.2, -0.15) is 0 Å². The zero-order valence-electron chi connectivity index (χ0n) is 15.2. The molecule has 0 radical (unpaired) electrons. The van der Waals surface area contributed by atoms with E-state index < -0.39 is 0 Å². The van der Waals surface area contributed by atoms with Gasteiger partial charge < -0.3 is 10.2 Å². The van der Waals surface area contributed by atoms with E-state index >= 15 is 0 Å². The molecule has 8 heteroatoms. The van der Waals surface area contributed by atoms with Crippen LogP contribution in [0.2, 0.25) is 0 Å². The fraction of sp³-hybridized carbons (Fsp3) is 0.667. The van der Waals surface area contributed by atoms with Gasteiger partial charge in [-0.1, -0.05) is 0 Å². The summed E-state index contributed by atoms with van der Waals surface area (Å²) in [4.78, 5) is 32.0. The number of hydrogen-bond donors (Lipinski definition) is 1. The third-order valence-electron chi connectivity index (χ3n) is 4.84. The van der Waals surface area contributed by atoms with Gasteiger partial charge in [-0.15, -0.1) is 11.3 Å². The maximum atomic E-state index is 12.6. The minimum atomic E-state index is 0.135. The zero-order chi connectivity index (χ0) is 18.5. The highest BCUT2D eigenvalue weighted by molar-refractivity contribution is 9.11. The molecule has 1 aliphatic carbocycles. The third-order valence-corrected chi connectivity index (χ3v) is 6.45. The highest BCUT2D eigenvalue weighted by atomic mass is 79.9. The number of carbonyl (C=O) groups is 2. The van der Waals surface area contributed by atoms with Crippen LogP contribution in [0.15, 0.2) is 15.9 Å². The van der Waals surface area contributed by atoms with Crippen molar-refractivity contribution in [2.24, 2.45) is 0 Å². The van der Waals surface area contributed by atoms with E-state index in [4.69, 9.17) is 0 Å². The lowest BCUT2D eigenvalue weighted by Gasteiger charge is -2.34. The summed E-state index contributed by atoms with van der Waals surface area (Å²) in [5.41, 5.74) is 0. The fourth-order valence-corrected chi connectivity index (χ4v) is 4.60. The first kappa shape index (κ1) is 19.8. The number of halogens is 1. The normalized spacial score (nSPS) is 18.7. The lowest BCUT2D eigenvalue weighted by atomic mass is 10.3. The van der Waals surface area contributed by atoms with E-state index in [9.17, 15) is 9.59 Å². The Morgan fingerprint density at radius 1 is 1.19 bits per heavy atom. The predicted molar refractivity (Wildman–Crippen MR) is 107 cm³/mol. The molecule has 1 saturated carbocycles. The van der Waals surface area contributed by atoms with Crippen LogP contribution in [0.4, 0.5) is 0 Å². The van der Waals surface area contributed by atoms with Crippen LogP contribution in [0.3, 0.4) is 0 Å². The number of thiophene rings is 1. The first-order chi connectivity index (χ1) is 12.5. The van der Waals surface area contributed by atoms with Crippen LogP contribution < -0.4 is 5.32 Å². The highest BCUT2D eigenvalue weighted by Gasteiger charge is 2.26. The molecule has 1 aliphatic heterocycles. The van der Waals surface area contributed by atoms with E-state index in [1.54, 1.807) is 11.3 Å². The Morgan fingerprint density at radius 3 is 2.38 bits per heavy atom. The summed E-state index contributed by atoms with van der Waals surface area (Å²) in [6.45, 7) is 7.72. The monoisotopic (exact) mass is 442 g/mol. The van der Waals surface area contributed by atoms with Gasteiger partial charge in [0.05, 0.1) is 23.4 Å². The number of nitrogens with one attached hydrogen (secondary N) is 1. The summed E-state index contributed by atoms with van der Waals surface area (Å²) in [5, 5.41) is 3.03. The van der Waals surface area contributed by atoms with Crippen LogP contribution in [0.5, 0.6) is 0 Å². The number of likely N-dealkylation sites (N-methyl/N-ethyl adjacent to an activating group) is 1. The molecule has 2 fully saturated rings. The Bertz CT molecular complexity index is 626. The fourth-order valence-electron chi connectivity index (χ4n) is 3.10. The van der Waals surface area contributed by atoms with Crippen LogP contribution in [-0.2, 0) is 16.1 Å². The second-order valence-electron chi connectivity index (χ2n) is 7.01. The molecular weight excluding hydrogens is 416 g/mol. The van der Waals surface area contributed by atoms with Crippen LogP contribution >= 0.6 is 27.3 Å². The molecule has 144 valence electrons. The Hall–Kier alpha value is -0.960. The van der Waals surface area contributed by atoms with Crippen molar-refractivity contribution in [3.05, 3.63) is 20.8 Å². The number of rotatable bonds is 8. The van der Waals surface area contributed by atoms with Crippen LogP contribution in [-0.4, -0.2) is 78.4 Å². The molecule has 3 rings (SSSR count). The van der Waals surface area contributed by atoms with Gasteiger partial charge >= 0.3 is 0 Å². The summed E-state index contributed by atoms with van der Waals surface area (Å²) in [5.74, 6) is 0.313. The second-order valence-corrected chi connectivity index (χ2v) is 9.56. The van der Waals surface area contributed by atoms with E-state index in [1.165, 1.54) is 4.88 Å². The second kappa shape index (κ2) is 9.30. The van der Waals surface area contributed by atoms with Crippen molar-refractivity contribution >= 4 is 39.1 Å². The molecule has 1 N–H and O–H groups in total. The van der Waals surface area contributed by atoms with E-state index in [0.29, 0.717) is 25.7 Å². The standard InChI is InChI=1S/C18H27BrN4O2S/c1-2-23(11-15-5-6-16(19)26-15)18(25)13-22-9-7-21(8-10-22)12-17(24)20-14-3-4-14/h5-6,14H,2-4,7-13H2,1H3,(H,20,24). The Kier molecular flexibility index (Phi) is 7.08. The van der Waals surface area contributed by atoms with Crippen molar-refractivity contribution in [3.8, 4) is 0 Å². The SMILES string of the molecule is CCN(Cc1ccc(Br)s1)C(=O)CN1CCN(CC(=O)NC2CC2)CC1. The Labute approximate surface area is 167 Å². The molecule has 1 aromatic heterocycles. The van der Waals surface area contributed by atoms with Gasteiger partial charge in [-0.05, 0) is 47.8 Å². The van der Waals surface area contributed by atoms with Crippen molar-refractivity contribution in [2.45, 2.75) is 32.4 Å². The van der Waals surface area contributed by atoms with E-state index in [-0.39, 0.29) is 11.8 Å².